The predicted molar refractivity (Wildman–Crippen MR) is 82.6 cm³/mol. The Kier molecular flexibility index (Phi) is 5.44. The number of benzene rings is 2. The highest BCUT2D eigenvalue weighted by atomic mass is 79.9. The van der Waals surface area contributed by atoms with E-state index >= 15 is 0 Å². The highest BCUT2D eigenvalue weighted by Gasteiger charge is 2.05. The van der Waals surface area contributed by atoms with Gasteiger partial charge in [0.25, 0.3) is 0 Å². The zero-order valence-corrected chi connectivity index (χ0v) is 12.9. The maximum absolute atomic E-state index is 11.6. The van der Waals surface area contributed by atoms with Crippen molar-refractivity contribution in [1.29, 1.82) is 0 Å². The molecule has 2 aromatic carbocycles. The van der Waals surface area contributed by atoms with Crippen LogP contribution in [0.3, 0.4) is 0 Å². The van der Waals surface area contributed by atoms with Crippen LogP contribution in [0.1, 0.15) is 11.1 Å². The van der Waals surface area contributed by atoms with Gasteiger partial charge in [0.2, 0.25) is 0 Å². The Hall–Kier alpha value is -1.52. The normalized spacial score (nSPS) is 10.1. The maximum atomic E-state index is 11.6. The lowest BCUT2D eigenvalue weighted by atomic mass is 10.2. The van der Waals surface area contributed by atoms with Crippen LogP contribution in [0, 0.1) is 0 Å². The molecule has 0 aromatic heterocycles. The van der Waals surface area contributed by atoms with E-state index in [0.29, 0.717) is 11.6 Å². The quantitative estimate of drug-likeness (QED) is 0.876. The second-order valence-corrected chi connectivity index (χ2v) is 5.47. The number of amides is 1. The second kappa shape index (κ2) is 7.31. The summed E-state index contributed by atoms with van der Waals surface area (Å²) < 4.78 is 6.01. The van der Waals surface area contributed by atoms with Crippen molar-refractivity contribution in [3.8, 4) is 0 Å². The van der Waals surface area contributed by atoms with Gasteiger partial charge < -0.3 is 10.1 Å². The molecule has 0 spiro atoms. The summed E-state index contributed by atoms with van der Waals surface area (Å²) in [5, 5.41) is 3.27. The monoisotopic (exact) mass is 353 g/mol. The van der Waals surface area contributed by atoms with E-state index in [-0.39, 0.29) is 6.61 Å². The number of rotatable bonds is 4. The standard InChI is InChI=1S/C15H13BrClNO2/c16-13-7-6-12(14(17)8-13)9-18-15(19)20-10-11-4-2-1-3-5-11/h1-8H,9-10H2,(H,18,19). The summed E-state index contributed by atoms with van der Waals surface area (Å²) in [5.41, 5.74) is 1.79. The molecule has 0 unspecified atom stereocenters. The lowest BCUT2D eigenvalue weighted by molar-refractivity contribution is 0.139. The third-order valence-corrected chi connectivity index (χ3v) is 3.50. The molecule has 1 amide bonds. The first-order valence-electron chi connectivity index (χ1n) is 6.03. The van der Waals surface area contributed by atoms with Crippen molar-refractivity contribution in [2.24, 2.45) is 0 Å². The SMILES string of the molecule is O=C(NCc1ccc(Br)cc1Cl)OCc1ccccc1. The number of hydrogen-bond acceptors (Lipinski definition) is 2. The van der Waals surface area contributed by atoms with Crippen molar-refractivity contribution in [2.75, 3.05) is 0 Å². The van der Waals surface area contributed by atoms with Gasteiger partial charge in [0.1, 0.15) is 6.61 Å². The van der Waals surface area contributed by atoms with Gasteiger partial charge >= 0.3 is 6.09 Å². The van der Waals surface area contributed by atoms with Crippen molar-refractivity contribution in [2.45, 2.75) is 13.2 Å². The number of nitrogens with one attached hydrogen (secondary N) is 1. The summed E-state index contributed by atoms with van der Waals surface area (Å²) in [5.74, 6) is 0. The number of hydrogen-bond donors (Lipinski definition) is 1. The average molecular weight is 355 g/mol. The van der Waals surface area contributed by atoms with Gasteiger partial charge in [-0.1, -0.05) is 63.9 Å². The van der Waals surface area contributed by atoms with E-state index in [1.54, 1.807) is 6.07 Å². The van der Waals surface area contributed by atoms with E-state index in [1.165, 1.54) is 0 Å². The molecule has 2 aromatic rings. The number of halogens is 2. The molecule has 0 atom stereocenters. The van der Waals surface area contributed by atoms with E-state index in [4.69, 9.17) is 16.3 Å². The molecule has 20 heavy (non-hydrogen) atoms. The van der Waals surface area contributed by atoms with Gasteiger partial charge in [0.15, 0.2) is 0 Å². The largest absolute Gasteiger partial charge is 0.445 e. The van der Waals surface area contributed by atoms with Crippen LogP contribution in [0.4, 0.5) is 4.79 Å². The Balaban J connectivity index is 1.80. The molecule has 0 fully saturated rings. The smallest absolute Gasteiger partial charge is 0.407 e. The Morgan fingerprint density at radius 1 is 1.20 bits per heavy atom. The van der Waals surface area contributed by atoms with Crippen LogP contribution in [0.5, 0.6) is 0 Å². The number of alkyl carbamates (subject to hydrolysis) is 1. The summed E-state index contributed by atoms with van der Waals surface area (Å²) in [4.78, 5) is 11.6. The Bertz CT molecular complexity index is 590. The topological polar surface area (TPSA) is 38.3 Å². The van der Waals surface area contributed by atoms with Crippen molar-refractivity contribution >= 4 is 33.6 Å². The van der Waals surface area contributed by atoms with Gasteiger partial charge in [-0.15, -0.1) is 0 Å². The summed E-state index contributed by atoms with van der Waals surface area (Å²) in [7, 11) is 0. The first-order valence-corrected chi connectivity index (χ1v) is 7.21. The molecule has 0 aliphatic carbocycles. The van der Waals surface area contributed by atoms with Crippen LogP contribution in [0.2, 0.25) is 5.02 Å². The summed E-state index contributed by atoms with van der Waals surface area (Å²) in [6, 6.07) is 15.0. The fourth-order valence-corrected chi connectivity index (χ4v) is 2.35. The first-order chi connectivity index (χ1) is 9.65. The van der Waals surface area contributed by atoms with Gasteiger partial charge in [0, 0.05) is 16.0 Å². The molecular formula is C15H13BrClNO2. The van der Waals surface area contributed by atoms with E-state index in [9.17, 15) is 4.79 Å². The lowest BCUT2D eigenvalue weighted by Gasteiger charge is -2.08. The molecule has 5 heteroatoms. The van der Waals surface area contributed by atoms with Crippen molar-refractivity contribution < 1.29 is 9.53 Å². The van der Waals surface area contributed by atoms with Crippen LogP contribution in [-0.4, -0.2) is 6.09 Å². The number of carbonyl (C=O) groups excluding carboxylic acids is 1. The van der Waals surface area contributed by atoms with Crippen LogP contribution in [0.25, 0.3) is 0 Å². The minimum Gasteiger partial charge on any atom is -0.445 e. The molecule has 0 saturated heterocycles. The van der Waals surface area contributed by atoms with Crippen LogP contribution in [-0.2, 0) is 17.9 Å². The number of carbonyl (C=O) groups is 1. The van der Waals surface area contributed by atoms with Gasteiger partial charge in [-0.25, -0.2) is 4.79 Å². The molecule has 0 radical (unpaired) electrons. The summed E-state index contributed by atoms with van der Waals surface area (Å²) in [6.45, 7) is 0.584. The van der Waals surface area contributed by atoms with Gasteiger partial charge in [-0.2, -0.15) is 0 Å². The third kappa shape index (κ3) is 4.54. The second-order valence-electron chi connectivity index (χ2n) is 4.15. The lowest BCUT2D eigenvalue weighted by Crippen LogP contribution is -2.23. The molecular weight excluding hydrogens is 342 g/mol. The molecule has 0 aliphatic rings. The van der Waals surface area contributed by atoms with E-state index in [2.05, 4.69) is 21.2 Å². The average Bonchev–Trinajstić information content (AvgIpc) is 2.45. The van der Waals surface area contributed by atoms with Gasteiger partial charge in [-0.3, -0.25) is 0 Å². The Morgan fingerprint density at radius 3 is 2.65 bits per heavy atom. The van der Waals surface area contributed by atoms with E-state index in [1.807, 2.05) is 42.5 Å². The minimum atomic E-state index is -0.465. The van der Waals surface area contributed by atoms with Crippen LogP contribution >= 0.6 is 27.5 Å². The number of ether oxygens (including phenoxy) is 1. The van der Waals surface area contributed by atoms with Crippen molar-refractivity contribution in [1.82, 2.24) is 5.32 Å². The zero-order valence-electron chi connectivity index (χ0n) is 10.6. The zero-order chi connectivity index (χ0) is 14.4. The van der Waals surface area contributed by atoms with Crippen LogP contribution < -0.4 is 5.32 Å². The molecule has 104 valence electrons. The van der Waals surface area contributed by atoms with Gasteiger partial charge in [-0.05, 0) is 23.3 Å². The molecule has 0 bridgehead atoms. The predicted octanol–water partition coefficient (Wildman–Crippen LogP) is 4.53. The Labute approximate surface area is 131 Å². The fraction of sp³-hybridized carbons (Fsp3) is 0.133. The van der Waals surface area contributed by atoms with E-state index in [0.717, 1.165) is 15.6 Å². The minimum absolute atomic E-state index is 0.251. The molecule has 0 saturated carbocycles. The maximum Gasteiger partial charge on any atom is 0.407 e. The summed E-state index contributed by atoms with van der Waals surface area (Å²) >= 11 is 9.39. The van der Waals surface area contributed by atoms with Crippen molar-refractivity contribution in [3.63, 3.8) is 0 Å². The molecule has 0 heterocycles. The molecule has 1 N–H and O–H groups in total. The van der Waals surface area contributed by atoms with Gasteiger partial charge in [0.05, 0.1) is 0 Å². The van der Waals surface area contributed by atoms with Crippen LogP contribution in [0.15, 0.2) is 53.0 Å². The van der Waals surface area contributed by atoms with Crippen molar-refractivity contribution in [3.05, 3.63) is 69.2 Å². The fourth-order valence-electron chi connectivity index (χ4n) is 1.61. The third-order valence-electron chi connectivity index (χ3n) is 2.65. The molecule has 3 nitrogen and oxygen atoms in total. The summed E-state index contributed by atoms with van der Waals surface area (Å²) in [6.07, 6.45) is -0.465. The highest BCUT2D eigenvalue weighted by molar-refractivity contribution is 9.10. The Morgan fingerprint density at radius 2 is 1.95 bits per heavy atom. The molecule has 0 aliphatic heterocycles. The van der Waals surface area contributed by atoms with E-state index < -0.39 is 6.09 Å². The highest BCUT2D eigenvalue weighted by Crippen LogP contribution is 2.21. The first kappa shape index (κ1) is 14.9. The molecule has 2 rings (SSSR count).